The molecular formula is C27H43N5O3. The maximum Gasteiger partial charge on any atom is 0.305 e. The van der Waals surface area contributed by atoms with Crippen molar-refractivity contribution in [3.8, 4) is 0 Å². The van der Waals surface area contributed by atoms with Gasteiger partial charge in [-0.05, 0) is 25.0 Å². The number of aromatic nitrogens is 3. The number of piperazine rings is 1. The SMILES string of the molecule is COC(=O)CCCCCCCCCCCCCc1nc2ccc(N3CCN(C(C)=O)CC3)nc2[nH]1. The van der Waals surface area contributed by atoms with Gasteiger partial charge in [-0.1, -0.05) is 57.8 Å². The van der Waals surface area contributed by atoms with Gasteiger partial charge in [0.1, 0.15) is 17.2 Å². The molecule has 2 aromatic rings. The zero-order valence-electron chi connectivity index (χ0n) is 21.7. The van der Waals surface area contributed by atoms with Gasteiger partial charge < -0.3 is 19.5 Å². The zero-order valence-corrected chi connectivity index (χ0v) is 21.7. The first kappa shape index (κ1) is 27.0. The van der Waals surface area contributed by atoms with Crippen molar-refractivity contribution >= 4 is 28.9 Å². The Kier molecular flexibility index (Phi) is 11.3. The largest absolute Gasteiger partial charge is 0.469 e. The van der Waals surface area contributed by atoms with Gasteiger partial charge in [0.25, 0.3) is 0 Å². The van der Waals surface area contributed by atoms with Crippen molar-refractivity contribution in [1.29, 1.82) is 0 Å². The summed E-state index contributed by atoms with van der Waals surface area (Å²) in [6, 6.07) is 4.09. The van der Waals surface area contributed by atoms with Crippen molar-refractivity contribution in [3.05, 3.63) is 18.0 Å². The lowest BCUT2D eigenvalue weighted by Crippen LogP contribution is -2.48. The lowest BCUT2D eigenvalue weighted by Gasteiger charge is -2.34. The summed E-state index contributed by atoms with van der Waals surface area (Å²) in [6.07, 6.45) is 15.0. The molecule has 1 saturated heterocycles. The highest BCUT2D eigenvalue weighted by Gasteiger charge is 2.20. The Bertz CT molecular complexity index is 921. The van der Waals surface area contributed by atoms with E-state index in [0.717, 1.165) is 74.7 Å². The summed E-state index contributed by atoms with van der Waals surface area (Å²) >= 11 is 0. The van der Waals surface area contributed by atoms with Gasteiger partial charge in [0.05, 0.1) is 7.11 Å². The van der Waals surface area contributed by atoms with E-state index in [1.54, 1.807) is 6.92 Å². The van der Waals surface area contributed by atoms with Gasteiger partial charge in [0.2, 0.25) is 5.91 Å². The monoisotopic (exact) mass is 485 g/mol. The molecule has 3 heterocycles. The van der Waals surface area contributed by atoms with Gasteiger partial charge in [-0.2, -0.15) is 0 Å². The van der Waals surface area contributed by atoms with Crippen LogP contribution in [0.4, 0.5) is 5.82 Å². The highest BCUT2D eigenvalue weighted by molar-refractivity contribution is 5.74. The minimum Gasteiger partial charge on any atom is -0.469 e. The third-order valence-electron chi connectivity index (χ3n) is 6.95. The van der Waals surface area contributed by atoms with Crippen LogP contribution in [0.2, 0.25) is 0 Å². The number of unbranched alkanes of at least 4 members (excludes halogenated alkanes) is 10. The molecule has 1 amide bonds. The molecule has 0 radical (unpaired) electrons. The normalized spacial score (nSPS) is 14.0. The average Bonchev–Trinajstić information content (AvgIpc) is 3.28. The topological polar surface area (TPSA) is 91.4 Å². The molecule has 1 N–H and O–H groups in total. The zero-order chi connectivity index (χ0) is 24.9. The summed E-state index contributed by atoms with van der Waals surface area (Å²) in [5.41, 5.74) is 1.79. The molecule has 1 fully saturated rings. The summed E-state index contributed by atoms with van der Waals surface area (Å²) in [4.78, 5) is 39.7. The van der Waals surface area contributed by atoms with Crippen LogP contribution >= 0.6 is 0 Å². The van der Waals surface area contributed by atoms with Crippen molar-refractivity contribution in [2.45, 2.75) is 90.4 Å². The molecule has 0 bridgehead atoms. The number of amides is 1. The minimum atomic E-state index is -0.0897. The Labute approximate surface area is 209 Å². The van der Waals surface area contributed by atoms with Gasteiger partial charge in [-0.15, -0.1) is 0 Å². The van der Waals surface area contributed by atoms with E-state index in [1.165, 1.54) is 58.5 Å². The van der Waals surface area contributed by atoms with Gasteiger partial charge in [-0.3, -0.25) is 9.59 Å². The number of esters is 1. The van der Waals surface area contributed by atoms with Crippen molar-refractivity contribution < 1.29 is 14.3 Å². The average molecular weight is 486 g/mol. The third-order valence-corrected chi connectivity index (χ3v) is 6.95. The number of H-pyrrole nitrogens is 1. The van der Waals surface area contributed by atoms with Crippen LogP contribution in [-0.4, -0.2) is 65.0 Å². The van der Waals surface area contributed by atoms with E-state index in [0.29, 0.717) is 6.42 Å². The quantitative estimate of drug-likeness (QED) is 0.281. The first-order valence-electron chi connectivity index (χ1n) is 13.5. The molecule has 8 heteroatoms. The molecule has 1 aliphatic rings. The first-order valence-corrected chi connectivity index (χ1v) is 13.5. The van der Waals surface area contributed by atoms with Gasteiger partial charge in [0, 0.05) is 45.9 Å². The van der Waals surface area contributed by atoms with E-state index in [-0.39, 0.29) is 11.9 Å². The summed E-state index contributed by atoms with van der Waals surface area (Å²) < 4.78 is 4.66. The van der Waals surface area contributed by atoms with E-state index in [9.17, 15) is 9.59 Å². The predicted octanol–water partition coefficient (Wildman–Crippen LogP) is 5.02. The number of fused-ring (bicyclic) bond motifs is 1. The van der Waals surface area contributed by atoms with E-state index >= 15 is 0 Å². The molecule has 35 heavy (non-hydrogen) atoms. The number of hydrogen-bond acceptors (Lipinski definition) is 6. The highest BCUT2D eigenvalue weighted by atomic mass is 16.5. The molecule has 0 spiro atoms. The summed E-state index contributed by atoms with van der Waals surface area (Å²) in [5, 5.41) is 0. The molecule has 0 saturated carbocycles. The minimum absolute atomic E-state index is 0.0897. The van der Waals surface area contributed by atoms with Crippen LogP contribution in [0.25, 0.3) is 11.2 Å². The smallest absolute Gasteiger partial charge is 0.305 e. The van der Waals surface area contributed by atoms with E-state index < -0.39 is 0 Å². The van der Waals surface area contributed by atoms with Crippen LogP contribution < -0.4 is 4.90 Å². The molecule has 194 valence electrons. The number of carbonyl (C=O) groups is 2. The van der Waals surface area contributed by atoms with Gasteiger partial charge in [-0.25, -0.2) is 9.97 Å². The Morgan fingerprint density at radius 3 is 2.06 bits per heavy atom. The number of nitrogens with one attached hydrogen (secondary N) is 1. The number of rotatable bonds is 15. The molecule has 0 atom stereocenters. The Hall–Kier alpha value is -2.64. The van der Waals surface area contributed by atoms with Crippen LogP contribution in [0, 0.1) is 0 Å². The fourth-order valence-corrected chi connectivity index (χ4v) is 4.73. The lowest BCUT2D eigenvalue weighted by atomic mass is 10.0. The molecule has 3 rings (SSSR count). The first-order chi connectivity index (χ1) is 17.1. The maximum absolute atomic E-state index is 11.5. The molecule has 0 aliphatic carbocycles. The molecule has 1 aliphatic heterocycles. The second kappa shape index (κ2) is 14.7. The molecule has 0 aromatic carbocycles. The Morgan fingerprint density at radius 2 is 1.46 bits per heavy atom. The number of aryl methyl sites for hydroxylation is 1. The van der Waals surface area contributed by atoms with Gasteiger partial charge in [0.15, 0.2) is 5.65 Å². The number of imidazole rings is 1. The Balaban J connectivity index is 1.24. The van der Waals surface area contributed by atoms with Crippen molar-refractivity contribution in [2.75, 3.05) is 38.2 Å². The molecular weight excluding hydrogens is 442 g/mol. The van der Waals surface area contributed by atoms with Gasteiger partial charge >= 0.3 is 5.97 Å². The second-order valence-corrected chi connectivity index (χ2v) is 9.68. The molecule has 2 aromatic heterocycles. The van der Waals surface area contributed by atoms with Crippen LogP contribution in [0.5, 0.6) is 0 Å². The van der Waals surface area contributed by atoms with Crippen molar-refractivity contribution in [2.24, 2.45) is 0 Å². The van der Waals surface area contributed by atoms with Crippen molar-refractivity contribution in [3.63, 3.8) is 0 Å². The van der Waals surface area contributed by atoms with E-state index in [1.807, 2.05) is 17.0 Å². The van der Waals surface area contributed by atoms with Crippen LogP contribution in [-0.2, 0) is 20.7 Å². The molecule has 0 unspecified atom stereocenters. The lowest BCUT2D eigenvalue weighted by molar-refractivity contribution is -0.140. The Morgan fingerprint density at radius 1 is 0.857 bits per heavy atom. The summed E-state index contributed by atoms with van der Waals surface area (Å²) in [6.45, 7) is 4.77. The third kappa shape index (κ3) is 9.15. The number of ether oxygens (including phenoxy) is 1. The van der Waals surface area contributed by atoms with Crippen LogP contribution in [0.1, 0.15) is 89.8 Å². The van der Waals surface area contributed by atoms with Crippen molar-refractivity contribution in [1.82, 2.24) is 19.9 Å². The number of pyridine rings is 1. The van der Waals surface area contributed by atoms with Crippen LogP contribution in [0.15, 0.2) is 12.1 Å². The summed E-state index contributed by atoms with van der Waals surface area (Å²) in [5.74, 6) is 2.04. The standard InChI is InChI=1S/C27H43N5O3/c1-22(33)31-18-20-32(21-19-31)25-17-16-23-27(30-25)29-24(28-23)14-12-10-8-6-4-3-5-7-9-11-13-15-26(34)35-2/h16-17H,3-15,18-21H2,1-2H3,(H,28,29,30). The number of nitrogens with zero attached hydrogens (tertiary/aromatic N) is 4. The van der Waals surface area contributed by atoms with E-state index in [4.69, 9.17) is 9.97 Å². The fraction of sp³-hybridized carbons (Fsp3) is 0.704. The molecule has 8 nitrogen and oxygen atoms in total. The number of aromatic amines is 1. The van der Waals surface area contributed by atoms with E-state index in [2.05, 4.69) is 14.6 Å². The van der Waals surface area contributed by atoms with Crippen LogP contribution in [0.3, 0.4) is 0 Å². The predicted molar refractivity (Wildman–Crippen MR) is 139 cm³/mol. The summed E-state index contributed by atoms with van der Waals surface area (Å²) in [7, 11) is 1.46. The fourth-order valence-electron chi connectivity index (χ4n) is 4.73. The number of methoxy groups -OCH3 is 1. The maximum atomic E-state index is 11.5. The number of anilines is 1. The number of carbonyl (C=O) groups excluding carboxylic acids is 2. The number of hydrogen-bond donors (Lipinski definition) is 1. The second-order valence-electron chi connectivity index (χ2n) is 9.68. The highest BCUT2D eigenvalue weighted by Crippen LogP contribution is 2.19.